The SMILES string of the molecule is CC(C)CC(N)CCc1ccc(I)cc1. The predicted molar refractivity (Wildman–Crippen MR) is 74.9 cm³/mol. The van der Waals surface area contributed by atoms with E-state index in [1.165, 1.54) is 9.13 Å². The fourth-order valence-electron chi connectivity index (χ4n) is 1.73. The number of aryl methyl sites for hydroxylation is 1. The van der Waals surface area contributed by atoms with Crippen molar-refractivity contribution in [3.05, 3.63) is 33.4 Å². The van der Waals surface area contributed by atoms with E-state index in [1.807, 2.05) is 0 Å². The molecule has 1 unspecified atom stereocenters. The molecule has 0 saturated carbocycles. The zero-order valence-electron chi connectivity index (χ0n) is 9.54. The molecule has 0 saturated heterocycles. The number of hydrogen-bond acceptors (Lipinski definition) is 1. The van der Waals surface area contributed by atoms with E-state index in [2.05, 4.69) is 60.7 Å². The smallest absolute Gasteiger partial charge is 0.0130 e. The van der Waals surface area contributed by atoms with Gasteiger partial charge in [-0.1, -0.05) is 26.0 Å². The third kappa shape index (κ3) is 5.52. The van der Waals surface area contributed by atoms with E-state index in [0.29, 0.717) is 12.0 Å². The molecule has 1 aromatic carbocycles. The third-order valence-corrected chi connectivity index (χ3v) is 3.21. The van der Waals surface area contributed by atoms with Crippen molar-refractivity contribution in [1.82, 2.24) is 0 Å². The lowest BCUT2D eigenvalue weighted by atomic mass is 9.98. The minimum Gasteiger partial charge on any atom is -0.328 e. The van der Waals surface area contributed by atoms with E-state index in [0.717, 1.165) is 19.3 Å². The maximum Gasteiger partial charge on any atom is 0.0130 e. The standard InChI is InChI=1S/C13H20IN/c1-10(2)9-13(15)8-5-11-3-6-12(14)7-4-11/h3-4,6-7,10,13H,5,8-9,15H2,1-2H3. The Bertz CT molecular complexity index is 279. The Kier molecular flexibility index (Phi) is 5.61. The van der Waals surface area contributed by atoms with Gasteiger partial charge in [-0.2, -0.15) is 0 Å². The molecule has 1 nitrogen and oxygen atoms in total. The summed E-state index contributed by atoms with van der Waals surface area (Å²) in [6, 6.07) is 9.06. The van der Waals surface area contributed by atoms with Gasteiger partial charge in [0.15, 0.2) is 0 Å². The fourth-order valence-corrected chi connectivity index (χ4v) is 2.09. The molecule has 0 spiro atoms. The first-order valence-corrected chi connectivity index (χ1v) is 6.66. The number of hydrogen-bond donors (Lipinski definition) is 1. The van der Waals surface area contributed by atoms with Gasteiger partial charge in [0.1, 0.15) is 0 Å². The molecular weight excluding hydrogens is 297 g/mol. The maximum absolute atomic E-state index is 6.05. The summed E-state index contributed by atoms with van der Waals surface area (Å²) in [5, 5.41) is 0. The first-order valence-electron chi connectivity index (χ1n) is 5.58. The summed E-state index contributed by atoms with van der Waals surface area (Å²) in [5.41, 5.74) is 7.45. The first-order chi connectivity index (χ1) is 7.08. The summed E-state index contributed by atoms with van der Waals surface area (Å²) in [5.74, 6) is 0.705. The lowest BCUT2D eigenvalue weighted by Gasteiger charge is -2.13. The Hall–Kier alpha value is -0.0900. The summed E-state index contributed by atoms with van der Waals surface area (Å²) in [6.07, 6.45) is 3.33. The highest BCUT2D eigenvalue weighted by atomic mass is 127. The molecule has 15 heavy (non-hydrogen) atoms. The highest BCUT2D eigenvalue weighted by Gasteiger charge is 2.05. The van der Waals surface area contributed by atoms with Crippen molar-refractivity contribution in [3.8, 4) is 0 Å². The number of rotatable bonds is 5. The van der Waals surface area contributed by atoms with E-state index in [9.17, 15) is 0 Å². The molecule has 0 aromatic heterocycles. The van der Waals surface area contributed by atoms with E-state index in [1.54, 1.807) is 0 Å². The Labute approximate surface area is 107 Å². The van der Waals surface area contributed by atoms with Crippen LogP contribution < -0.4 is 5.73 Å². The maximum atomic E-state index is 6.05. The largest absolute Gasteiger partial charge is 0.328 e. The molecule has 0 radical (unpaired) electrons. The van der Waals surface area contributed by atoms with Gasteiger partial charge in [-0.15, -0.1) is 0 Å². The van der Waals surface area contributed by atoms with Gasteiger partial charge in [-0.25, -0.2) is 0 Å². The second-order valence-corrected chi connectivity index (χ2v) is 5.80. The average Bonchev–Trinajstić information content (AvgIpc) is 2.16. The lowest BCUT2D eigenvalue weighted by Crippen LogP contribution is -2.22. The molecule has 0 aliphatic heterocycles. The summed E-state index contributed by atoms with van der Waals surface area (Å²) >= 11 is 2.33. The molecule has 0 amide bonds. The highest BCUT2D eigenvalue weighted by molar-refractivity contribution is 14.1. The molecule has 1 rings (SSSR count). The zero-order valence-corrected chi connectivity index (χ0v) is 11.7. The molecule has 84 valence electrons. The Morgan fingerprint density at radius 2 is 1.80 bits per heavy atom. The zero-order chi connectivity index (χ0) is 11.3. The predicted octanol–water partition coefficient (Wildman–Crippen LogP) is 3.60. The van der Waals surface area contributed by atoms with Gasteiger partial charge in [0.2, 0.25) is 0 Å². The minimum atomic E-state index is 0.351. The highest BCUT2D eigenvalue weighted by Crippen LogP contribution is 2.12. The quantitative estimate of drug-likeness (QED) is 0.825. The molecule has 2 N–H and O–H groups in total. The van der Waals surface area contributed by atoms with Crippen molar-refractivity contribution >= 4 is 22.6 Å². The summed E-state index contributed by atoms with van der Waals surface area (Å²) < 4.78 is 1.29. The number of benzene rings is 1. The summed E-state index contributed by atoms with van der Waals surface area (Å²) in [4.78, 5) is 0. The molecule has 0 aliphatic rings. The Morgan fingerprint density at radius 1 is 1.20 bits per heavy atom. The first kappa shape index (κ1) is 13.0. The van der Waals surface area contributed by atoms with Crippen LogP contribution in [0.2, 0.25) is 0 Å². The van der Waals surface area contributed by atoms with Crippen LogP contribution >= 0.6 is 22.6 Å². The monoisotopic (exact) mass is 317 g/mol. The third-order valence-electron chi connectivity index (χ3n) is 2.49. The van der Waals surface area contributed by atoms with Crippen LogP contribution in [0.3, 0.4) is 0 Å². The Balaban J connectivity index is 2.33. The molecule has 0 bridgehead atoms. The van der Waals surface area contributed by atoms with Crippen LogP contribution in [0.5, 0.6) is 0 Å². The fraction of sp³-hybridized carbons (Fsp3) is 0.538. The van der Waals surface area contributed by atoms with Crippen LogP contribution in [-0.4, -0.2) is 6.04 Å². The van der Waals surface area contributed by atoms with Crippen molar-refractivity contribution in [2.24, 2.45) is 11.7 Å². The number of halogens is 1. The van der Waals surface area contributed by atoms with Crippen molar-refractivity contribution in [1.29, 1.82) is 0 Å². The summed E-state index contributed by atoms with van der Waals surface area (Å²) in [7, 11) is 0. The van der Waals surface area contributed by atoms with E-state index >= 15 is 0 Å². The van der Waals surface area contributed by atoms with Crippen molar-refractivity contribution in [2.75, 3.05) is 0 Å². The summed E-state index contributed by atoms with van der Waals surface area (Å²) in [6.45, 7) is 4.45. The topological polar surface area (TPSA) is 26.0 Å². The van der Waals surface area contributed by atoms with Crippen LogP contribution in [0.4, 0.5) is 0 Å². The van der Waals surface area contributed by atoms with E-state index < -0.39 is 0 Å². The molecule has 1 aromatic rings. The van der Waals surface area contributed by atoms with Gasteiger partial charge >= 0.3 is 0 Å². The second kappa shape index (κ2) is 6.48. The molecule has 2 heteroatoms. The van der Waals surface area contributed by atoms with E-state index in [-0.39, 0.29) is 0 Å². The minimum absolute atomic E-state index is 0.351. The molecule has 0 heterocycles. The van der Waals surface area contributed by atoms with Crippen LogP contribution in [0, 0.1) is 9.49 Å². The van der Waals surface area contributed by atoms with Gasteiger partial charge in [-0.05, 0) is 65.5 Å². The molecule has 0 aliphatic carbocycles. The van der Waals surface area contributed by atoms with Crippen molar-refractivity contribution in [3.63, 3.8) is 0 Å². The normalized spacial score (nSPS) is 13.1. The van der Waals surface area contributed by atoms with Gasteiger partial charge in [0.25, 0.3) is 0 Å². The molecule has 1 atom stereocenters. The Morgan fingerprint density at radius 3 is 2.33 bits per heavy atom. The van der Waals surface area contributed by atoms with Gasteiger partial charge in [-0.3, -0.25) is 0 Å². The van der Waals surface area contributed by atoms with Crippen LogP contribution in [0.25, 0.3) is 0 Å². The van der Waals surface area contributed by atoms with Crippen molar-refractivity contribution in [2.45, 2.75) is 39.2 Å². The van der Waals surface area contributed by atoms with E-state index in [4.69, 9.17) is 5.73 Å². The lowest BCUT2D eigenvalue weighted by molar-refractivity contribution is 0.473. The van der Waals surface area contributed by atoms with Gasteiger partial charge in [0, 0.05) is 9.61 Å². The molecular formula is C13H20IN. The second-order valence-electron chi connectivity index (χ2n) is 4.55. The van der Waals surface area contributed by atoms with Crippen LogP contribution in [0.15, 0.2) is 24.3 Å². The van der Waals surface area contributed by atoms with Crippen LogP contribution in [0.1, 0.15) is 32.3 Å². The van der Waals surface area contributed by atoms with Gasteiger partial charge in [0.05, 0.1) is 0 Å². The van der Waals surface area contributed by atoms with Gasteiger partial charge < -0.3 is 5.73 Å². The van der Waals surface area contributed by atoms with Crippen molar-refractivity contribution < 1.29 is 0 Å². The average molecular weight is 317 g/mol. The number of nitrogens with two attached hydrogens (primary N) is 1. The molecule has 0 fully saturated rings. The van der Waals surface area contributed by atoms with Crippen LogP contribution in [-0.2, 0) is 6.42 Å².